The quantitative estimate of drug-likeness (QED) is 0.621. The van der Waals surface area contributed by atoms with Crippen LogP contribution in [0.5, 0.6) is 0 Å². The number of hydrogen-bond acceptors (Lipinski definition) is 5. The monoisotopic (exact) mass is 430 g/mol. The molecule has 1 amide bonds. The van der Waals surface area contributed by atoms with Crippen molar-refractivity contribution < 1.29 is 9.53 Å². The summed E-state index contributed by atoms with van der Waals surface area (Å²) in [5, 5.41) is 1.06. The molecule has 1 saturated heterocycles. The van der Waals surface area contributed by atoms with Gasteiger partial charge in [-0.15, -0.1) is 11.3 Å². The van der Waals surface area contributed by atoms with Gasteiger partial charge in [-0.1, -0.05) is 17.7 Å². The van der Waals surface area contributed by atoms with E-state index in [4.69, 9.17) is 16.3 Å². The zero-order valence-corrected chi connectivity index (χ0v) is 17.7. The average molecular weight is 431 g/mol. The van der Waals surface area contributed by atoms with E-state index in [1.54, 1.807) is 24.6 Å². The summed E-state index contributed by atoms with van der Waals surface area (Å²) in [6.07, 6.45) is 7.73. The summed E-state index contributed by atoms with van der Waals surface area (Å²) in [4.78, 5) is 25.8. The van der Waals surface area contributed by atoms with Crippen molar-refractivity contribution in [3.63, 3.8) is 0 Å². The topological polar surface area (TPSA) is 61.5 Å². The second-order valence-electron chi connectivity index (χ2n) is 7.03. The van der Waals surface area contributed by atoms with Gasteiger partial charge in [-0.3, -0.25) is 14.7 Å². The van der Waals surface area contributed by atoms with Gasteiger partial charge in [-0.2, -0.15) is 0 Å². The molecule has 3 aromatic rings. The van der Waals surface area contributed by atoms with E-state index in [1.807, 2.05) is 29.3 Å². The number of aromatic nitrogens is 2. The standard InChI is InChI=1S/C21H23ClN4O2S/c1-28-14-19-21(27)26(13-16-11-15-12-23-7-6-18(15)24-16)10-9-25(19)8-2-3-17-4-5-20(22)29-17/h2-7,11-12,19,24H,8-10,13-14H2,1H3/b3-2+. The fourth-order valence-electron chi connectivity index (χ4n) is 3.64. The van der Waals surface area contributed by atoms with Crippen LogP contribution in [0.2, 0.25) is 4.34 Å². The van der Waals surface area contributed by atoms with Crippen LogP contribution in [0, 0.1) is 0 Å². The van der Waals surface area contributed by atoms with E-state index in [9.17, 15) is 4.79 Å². The van der Waals surface area contributed by atoms with Crippen LogP contribution >= 0.6 is 22.9 Å². The maximum Gasteiger partial charge on any atom is 0.242 e. The molecule has 0 radical (unpaired) electrons. The minimum atomic E-state index is -0.281. The van der Waals surface area contributed by atoms with Crippen LogP contribution in [0.15, 0.2) is 42.7 Å². The van der Waals surface area contributed by atoms with Gasteiger partial charge in [0.05, 0.1) is 17.5 Å². The first-order valence-electron chi connectivity index (χ1n) is 9.49. The van der Waals surface area contributed by atoms with E-state index in [0.717, 1.165) is 32.4 Å². The molecule has 1 unspecified atom stereocenters. The molecule has 152 valence electrons. The predicted molar refractivity (Wildman–Crippen MR) is 117 cm³/mol. The SMILES string of the molecule is COCC1C(=O)N(Cc2cc3cnccc3[nH]2)CCN1C/C=C/c1ccc(Cl)s1. The highest BCUT2D eigenvalue weighted by molar-refractivity contribution is 7.16. The third-order valence-corrected chi connectivity index (χ3v) is 6.27. The van der Waals surface area contributed by atoms with E-state index in [-0.39, 0.29) is 11.9 Å². The maximum absolute atomic E-state index is 13.1. The molecule has 0 aromatic carbocycles. The molecular formula is C21H23ClN4O2S. The van der Waals surface area contributed by atoms with Gasteiger partial charge in [0.25, 0.3) is 0 Å². The second kappa shape index (κ2) is 9.09. The molecule has 0 spiro atoms. The molecule has 1 fully saturated rings. The number of pyridine rings is 1. The number of nitrogens with one attached hydrogen (secondary N) is 1. The molecule has 8 heteroatoms. The van der Waals surface area contributed by atoms with Gasteiger partial charge in [0.1, 0.15) is 6.04 Å². The number of nitrogens with zero attached hydrogens (tertiary/aromatic N) is 3. The van der Waals surface area contributed by atoms with E-state index in [2.05, 4.69) is 33.1 Å². The Morgan fingerprint density at radius 3 is 3.03 bits per heavy atom. The third-order valence-electron chi connectivity index (χ3n) is 5.07. The van der Waals surface area contributed by atoms with Crippen LogP contribution in [0.3, 0.4) is 0 Å². The summed E-state index contributed by atoms with van der Waals surface area (Å²) in [7, 11) is 1.64. The molecule has 4 rings (SSSR count). The lowest BCUT2D eigenvalue weighted by atomic mass is 10.1. The van der Waals surface area contributed by atoms with Crippen LogP contribution in [0.25, 0.3) is 17.0 Å². The van der Waals surface area contributed by atoms with Crippen LogP contribution < -0.4 is 0 Å². The van der Waals surface area contributed by atoms with Crippen molar-refractivity contribution >= 4 is 45.8 Å². The van der Waals surface area contributed by atoms with Crippen molar-refractivity contribution in [1.29, 1.82) is 0 Å². The molecule has 6 nitrogen and oxygen atoms in total. The Morgan fingerprint density at radius 1 is 1.38 bits per heavy atom. The summed E-state index contributed by atoms with van der Waals surface area (Å²) in [5.41, 5.74) is 2.05. The first-order chi connectivity index (χ1) is 14.1. The van der Waals surface area contributed by atoms with Crippen molar-refractivity contribution in [2.75, 3.05) is 33.4 Å². The Morgan fingerprint density at radius 2 is 2.28 bits per heavy atom. The Kier molecular flexibility index (Phi) is 6.30. The number of amides is 1. The van der Waals surface area contributed by atoms with Gasteiger partial charge >= 0.3 is 0 Å². The molecule has 1 N–H and O–H groups in total. The summed E-state index contributed by atoms with van der Waals surface area (Å²) >= 11 is 7.52. The van der Waals surface area contributed by atoms with Crippen molar-refractivity contribution in [3.8, 4) is 0 Å². The molecule has 29 heavy (non-hydrogen) atoms. The number of hydrogen-bond donors (Lipinski definition) is 1. The van der Waals surface area contributed by atoms with Crippen molar-refractivity contribution in [1.82, 2.24) is 19.8 Å². The van der Waals surface area contributed by atoms with Crippen LogP contribution in [-0.2, 0) is 16.1 Å². The highest BCUT2D eigenvalue weighted by Crippen LogP contribution is 2.23. The zero-order valence-electron chi connectivity index (χ0n) is 16.2. The number of thiophene rings is 1. The average Bonchev–Trinajstić information content (AvgIpc) is 3.31. The van der Waals surface area contributed by atoms with E-state index in [1.165, 1.54) is 0 Å². The first kappa shape index (κ1) is 20.1. The smallest absolute Gasteiger partial charge is 0.242 e. The minimum absolute atomic E-state index is 0.0995. The third kappa shape index (κ3) is 4.70. The number of ether oxygens (including phenoxy) is 1. The van der Waals surface area contributed by atoms with Gasteiger partial charge in [-0.05, 0) is 30.3 Å². The summed E-state index contributed by atoms with van der Waals surface area (Å²) in [6, 6.07) is 7.61. The van der Waals surface area contributed by atoms with Gasteiger partial charge in [0.15, 0.2) is 0 Å². The number of methoxy groups -OCH3 is 1. The Balaban J connectivity index is 1.42. The molecule has 4 heterocycles. The predicted octanol–water partition coefficient (Wildman–Crippen LogP) is 3.65. The molecule has 1 atom stereocenters. The van der Waals surface area contributed by atoms with Crippen molar-refractivity contribution in [2.45, 2.75) is 12.6 Å². The maximum atomic E-state index is 13.1. The molecule has 0 bridgehead atoms. The van der Waals surface area contributed by atoms with E-state index >= 15 is 0 Å². The number of rotatable bonds is 7. The molecule has 1 aliphatic rings. The number of piperazine rings is 1. The fourth-order valence-corrected chi connectivity index (χ4v) is 4.63. The lowest BCUT2D eigenvalue weighted by molar-refractivity contribution is -0.144. The number of carbonyl (C=O) groups is 1. The Hall–Kier alpha value is -2.19. The highest BCUT2D eigenvalue weighted by Gasteiger charge is 2.34. The van der Waals surface area contributed by atoms with E-state index < -0.39 is 0 Å². The molecule has 1 aliphatic heterocycles. The Bertz CT molecular complexity index is 982. The number of carbonyl (C=O) groups excluding carboxylic acids is 1. The van der Waals surface area contributed by atoms with Gasteiger partial charge in [0, 0.05) is 60.6 Å². The molecule has 0 saturated carbocycles. The molecule has 0 aliphatic carbocycles. The molecule has 3 aromatic heterocycles. The normalized spacial score (nSPS) is 18.3. The van der Waals surface area contributed by atoms with Crippen molar-refractivity contribution in [3.05, 3.63) is 57.6 Å². The number of aromatic amines is 1. The number of halogens is 1. The summed E-state index contributed by atoms with van der Waals surface area (Å²) in [6.45, 7) is 3.12. The fraction of sp³-hybridized carbons (Fsp3) is 0.333. The van der Waals surface area contributed by atoms with Gasteiger partial charge < -0.3 is 14.6 Å². The molecular weight excluding hydrogens is 408 g/mol. The minimum Gasteiger partial charge on any atom is -0.383 e. The lowest BCUT2D eigenvalue weighted by Gasteiger charge is -2.39. The Labute approximate surface area is 178 Å². The number of H-pyrrole nitrogens is 1. The van der Waals surface area contributed by atoms with Gasteiger partial charge in [-0.25, -0.2) is 0 Å². The lowest BCUT2D eigenvalue weighted by Crippen LogP contribution is -2.58. The van der Waals surface area contributed by atoms with Crippen LogP contribution in [0.1, 0.15) is 10.6 Å². The zero-order chi connectivity index (χ0) is 20.2. The first-order valence-corrected chi connectivity index (χ1v) is 10.7. The van der Waals surface area contributed by atoms with Crippen LogP contribution in [-0.4, -0.2) is 65.1 Å². The van der Waals surface area contributed by atoms with Crippen molar-refractivity contribution in [2.24, 2.45) is 0 Å². The van der Waals surface area contributed by atoms with E-state index in [0.29, 0.717) is 26.2 Å². The number of fused-ring (bicyclic) bond motifs is 1. The van der Waals surface area contributed by atoms with Gasteiger partial charge in [0.2, 0.25) is 5.91 Å². The second-order valence-corrected chi connectivity index (χ2v) is 8.77. The summed E-state index contributed by atoms with van der Waals surface area (Å²) in [5.74, 6) is 0.0995. The van der Waals surface area contributed by atoms with Crippen LogP contribution in [0.4, 0.5) is 0 Å². The largest absolute Gasteiger partial charge is 0.383 e. The summed E-state index contributed by atoms with van der Waals surface area (Å²) < 4.78 is 6.13. The highest BCUT2D eigenvalue weighted by atomic mass is 35.5.